The summed E-state index contributed by atoms with van der Waals surface area (Å²) in [6.07, 6.45) is 14.0. The first-order chi connectivity index (χ1) is 14.8. The van der Waals surface area contributed by atoms with Crippen molar-refractivity contribution in [2.75, 3.05) is 5.75 Å². The highest BCUT2D eigenvalue weighted by Gasteiger charge is 2.06. The quantitative estimate of drug-likeness (QED) is 0.122. The summed E-state index contributed by atoms with van der Waals surface area (Å²) in [5.41, 5.74) is 2.51. The first-order valence-corrected chi connectivity index (χ1v) is 16.3. The number of allylic oxidation sites excluding steroid dienone is 1. The molecule has 0 spiro atoms. The molecule has 166 valence electrons. The van der Waals surface area contributed by atoms with Crippen LogP contribution >= 0.6 is 54.5 Å². The van der Waals surface area contributed by atoms with Crippen LogP contribution in [0, 0.1) is 0 Å². The van der Waals surface area contributed by atoms with Crippen molar-refractivity contribution in [3.8, 4) is 0 Å². The van der Waals surface area contributed by atoms with Gasteiger partial charge in [0.2, 0.25) is 0 Å². The number of rotatable bonds is 17. The molecule has 0 N–H and O–H groups in total. The van der Waals surface area contributed by atoms with E-state index in [1.54, 1.807) is 33.9 Å². The van der Waals surface area contributed by atoms with Crippen molar-refractivity contribution < 1.29 is 0 Å². The van der Waals surface area contributed by atoms with Crippen LogP contribution in [0.25, 0.3) is 5.57 Å². The van der Waals surface area contributed by atoms with Crippen LogP contribution in [0.1, 0.15) is 83.6 Å². The van der Waals surface area contributed by atoms with Gasteiger partial charge in [-0.3, -0.25) is 0 Å². The molecule has 30 heavy (non-hydrogen) atoms. The van der Waals surface area contributed by atoms with Gasteiger partial charge in [-0.15, -0.1) is 10.2 Å². The van der Waals surface area contributed by atoms with Gasteiger partial charge in [-0.1, -0.05) is 129 Å². The van der Waals surface area contributed by atoms with E-state index >= 15 is 0 Å². The largest absolute Gasteiger partial charge is 0.186 e. The van der Waals surface area contributed by atoms with Gasteiger partial charge < -0.3 is 0 Å². The van der Waals surface area contributed by atoms with Crippen molar-refractivity contribution in [2.45, 2.75) is 86.7 Å². The fraction of sp³-hybridized carbons (Fsp3) is 0.565. The van der Waals surface area contributed by atoms with Crippen LogP contribution in [0.2, 0.25) is 0 Å². The van der Waals surface area contributed by atoms with E-state index in [-0.39, 0.29) is 0 Å². The number of unbranched alkanes of at least 4 members (excludes halogenated alkanes) is 9. The number of hydrogen-bond donors (Lipinski definition) is 0. The highest BCUT2D eigenvalue weighted by Crippen LogP contribution is 2.43. The average molecular weight is 499 g/mol. The third-order valence-corrected chi connectivity index (χ3v) is 11.1. The molecule has 1 heterocycles. The van der Waals surface area contributed by atoms with Gasteiger partial charge in [0, 0.05) is 5.75 Å². The molecule has 0 aliphatic carbocycles. The van der Waals surface area contributed by atoms with Crippen molar-refractivity contribution in [2.24, 2.45) is 0 Å². The molecule has 0 unspecified atom stereocenters. The minimum Gasteiger partial charge on any atom is -0.130 e. The Labute approximate surface area is 203 Å². The topological polar surface area (TPSA) is 25.8 Å². The molecule has 0 aliphatic rings. The number of aromatic nitrogens is 2. The maximum atomic E-state index is 4.31. The molecule has 0 saturated carbocycles. The van der Waals surface area contributed by atoms with Gasteiger partial charge in [0.1, 0.15) is 0 Å². The summed E-state index contributed by atoms with van der Waals surface area (Å²) in [6.45, 7) is 4.42. The fourth-order valence-electron chi connectivity index (χ4n) is 2.92. The Kier molecular flexibility index (Phi) is 15.2. The molecule has 0 amide bonds. The second kappa shape index (κ2) is 17.5. The molecule has 0 atom stereocenters. The Bertz CT molecular complexity index is 703. The smallest absolute Gasteiger partial charge is 0.130 e. The molecule has 7 heteroatoms. The van der Waals surface area contributed by atoms with Crippen molar-refractivity contribution in [1.29, 1.82) is 0 Å². The molecule has 1 aromatic heterocycles. The molecular formula is C23H34N2S5. The zero-order valence-electron chi connectivity index (χ0n) is 18.2. The lowest BCUT2D eigenvalue weighted by atomic mass is 10.1. The summed E-state index contributed by atoms with van der Waals surface area (Å²) < 4.78 is 2.05. The van der Waals surface area contributed by atoms with Gasteiger partial charge in [-0.25, -0.2) is 0 Å². The molecule has 0 fully saturated rings. The van der Waals surface area contributed by atoms with E-state index in [4.69, 9.17) is 0 Å². The fourth-order valence-corrected chi connectivity index (χ4v) is 9.01. The van der Waals surface area contributed by atoms with E-state index in [0.29, 0.717) is 0 Å². The molecule has 0 aliphatic heterocycles. The molecule has 2 aromatic rings. The van der Waals surface area contributed by atoms with Crippen LogP contribution in [0.4, 0.5) is 0 Å². The molecule has 2 rings (SSSR count). The second-order valence-corrected chi connectivity index (χ2v) is 13.8. The third-order valence-electron chi connectivity index (χ3n) is 4.69. The van der Waals surface area contributed by atoms with Gasteiger partial charge in [0.15, 0.2) is 8.68 Å². The predicted molar refractivity (Wildman–Crippen MR) is 144 cm³/mol. The van der Waals surface area contributed by atoms with Gasteiger partial charge in [-0.2, -0.15) is 0 Å². The monoisotopic (exact) mass is 498 g/mol. The first-order valence-electron chi connectivity index (χ1n) is 11.0. The van der Waals surface area contributed by atoms with E-state index in [2.05, 4.69) is 53.7 Å². The van der Waals surface area contributed by atoms with E-state index in [9.17, 15) is 0 Å². The van der Waals surface area contributed by atoms with Gasteiger partial charge >= 0.3 is 0 Å². The lowest BCUT2D eigenvalue weighted by Crippen LogP contribution is -1.82. The normalized spacial score (nSPS) is 11.9. The zero-order chi connectivity index (χ0) is 21.3. The van der Waals surface area contributed by atoms with Crippen LogP contribution in [0.15, 0.2) is 44.4 Å². The van der Waals surface area contributed by atoms with Crippen LogP contribution in [-0.2, 0) is 0 Å². The van der Waals surface area contributed by atoms with E-state index in [1.807, 2.05) is 26.7 Å². The summed E-state index contributed by atoms with van der Waals surface area (Å²) in [5, 5.41) is 10.8. The summed E-state index contributed by atoms with van der Waals surface area (Å²) in [7, 11) is 5.53. The lowest BCUT2D eigenvalue weighted by molar-refractivity contribution is 0.563. The Morgan fingerprint density at radius 3 is 2.20 bits per heavy atom. The summed E-state index contributed by atoms with van der Waals surface area (Å²) in [6, 6.07) is 10.5. The van der Waals surface area contributed by atoms with Crippen molar-refractivity contribution in [1.82, 2.24) is 10.2 Å². The molecule has 0 radical (unpaired) electrons. The maximum Gasteiger partial charge on any atom is 0.186 e. The minimum absolute atomic E-state index is 1.01. The van der Waals surface area contributed by atoms with Crippen molar-refractivity contribution >= 4 is 60.1 Å². The molecule has 2 nitrogen and oxygen atoms in total. The number of thioether (sulfide) groups is 1. The lowest BCUT2D eigenvalue weighted by Gasteiger charge is -2.02. The average Bonchev–Trinajstić information content (AvgIpc) is 3.23. The van der Waals surface area contributed by atoms with Gasteiger partial charge in [0.05, 0.1) is 0 Å². The Morgan fingerprint density at radius 1 is 0.867 bits per heavy atom. The molecule has 0 bridgehead atoms. The Morgan fingerprint density at radius 2 is 1.50 bits per heavy atom. The summed E-state index contributed by atoms with van der Waals surface area (Å²) in [5.74, 6) is 1.23. The molecule has 0 saturated heterocycles. The highest BCUT2D eigenvalue weighted by molar-refractivity contribution is 9.09. The van der Waals surface area contributed by atoms with Crippen LogP contribution in [0.5, 0.6) is 0 Å². The molecular weight excluding hydrogens is 465 g/mol. The second-order valence-electron chi connectivity index (χ2n) is 7.27. The van der Waals surface area contributed by atoms with Crippen molar-refractivity contribution in [3.05, 3.63) is 41.3 Å². The maximum absolute atomic E-state index is 4.31. The van der Waals surface area contributed by atoms with E-state index in [0.717, 1.165) is 8.68 Å². The zero-order valence-corrected chi connectivity index (χ0v) is 22.3. The molecule has 1 aromatic carbocycles. The summed E-state index contributed by atoms with van der Waals surface area (Å²) in [4.78, 5) is 0. The van der Waals surface area contributed by atoms with Gasteiger partial charge in [0.25, 0.3) is 0 Å². The van der Waals surface area contributed by atoms with E-state index in [1.165, 1.54) is 81.1 Å². The minimum atomic E-state index is 1.01. The summed E-state index contributed by atoms with van der Waals surface area (Å²) >= 11 is 3.34. The third kappa shape index (κ3) is 12.1. The Balaban J connectivity index is 1.47. The number of benzene rings is 1. The van der Waals surface area contributed by atoms with Crippen molar-refractivity contribution in [3.63, 3.8) is 0 Å². The van der Waals surface area contributed by atoms with E-state index < -0.39 is 0 Å². The van der Waals surface area contributed by atoms with Crippen LogP contribution in [-0.4, -0.2) is 16.0 Å². The number of hydrogen-bond acceptors (Lipinski definition) is 7. The van der Waals surface area contributed by atoms with Gasteiger partial charge in [-0.05, 0) is 50.5 Å². The predicted octanol–water partition coefficient (Wildman–Crippen LogP) is 10.0. The highest BCUT2D eigenvalue weighted by atomic mass is 33.5. The van der Waals surface area contributed by atoms with Crippen LogP contribution in [0.3, 0.4) is 0 Å². The Hall–Kier alpha value is -0.0800. The first kappa shape index (κ1) is 26.2. The number of nitrogens with zero attached hydrogens (tertiary/aromatic N) is 2. The standard InChI is InChI=1S/C23H34N2S5/c1-3-4-5-6-7-8-9-10-11-15-18-27-30-29-23-25-24-22(28-23)26-19-20(2)21-16-13-12-14-17-21/h12-14,16-17,19H,3-11,15,18H2,1-2H3. The SMILES string of the molecule is CCCCCCCCCCCCSSSc1nnc(SC=C(C)c2ccccc2)s1. The van der Waals surface area contributed by atoms with Crippen LogP contribution < -0.4 is 0 Å².